The molecule has 2 N–H and O–H groups in total. The van der Waals surface area contributed by atoms with E-state index in [2.05, 4.69) is 10.6 Å². The number of thiophene rings is 1. The second-order valence-electron chi connectivity index (χ2n) is 8.50. The van der Waals surface area contributed by atoms with Gasteiger partial charge in [-0.1, -0.05) is 31.2 Å². The minimum atomic E-state index is -0.378. The van der Waals surface area contributed by atoms with Crippen LogP contribution in [0.1, 0.15) is 29.3 Å². The molecule has 35 heavy (non-hydrogen) atoms. The van der Waals surface area contributed by atoms with Crippen molar-refractivity contribution in [3.63, 3.8) is 0 Å². The summed E-state index contributed by atoms with van der Waals surface area (Å²) in [5, 5.41) is 7.83. The van der Waals surface area contributed by atoms with Crippen LogP contribution in [0.2, 0.25) is 0 Å². The Hall–Kier alpha value is -3.65. The average molecular weight is 492 g/mol. The second-order valence-corrected chi connectivity index (χ2v) is 9.53. The number of benzene rings is 2. The molecule has 1 saturated heterocycles. The fourth-order valence-corrected chi connectivity index (χ4v) is 4.76. The summed E-state index contributed by atoms with van der Waals surface area (Å²) in [6.45, 7) is 4.71. The van der Waals surface area contributed by atoms with E-state index in [-0.39, 0.29) is 36.7 Å². The van der Waals surface area contributed by atoms with Gasteiger partial charge in [-0.05, 0) is 60.2 Å². The van der Waals surface area contributed by atoms with Crippen LogP contribution in [-0.4, -0.2) is 30.9 Å². The summed E-state index contributed by atoms with van der Waals surface area (Å²) in [4.78, 5) is 40.2. The molecule has 0 spiro atoms. The van der Waals surface area contributed by atoms with Gasteiger partial charge in [-0.3, -0.25) is 14.4 Å². The predicted molar refractivity (Wildman–Crippen MR) is 138 cm³/mol. The maximum atomic E-state index is 12.5. The van der Waals surface area contributed by atoms with Crippen LogP contribution in [-0.2, 0) is 27.3 Å². The number of nitrogens with zero attached hydrogens (tertiary/aromatic N) is 1. The van der Waals surface area contributed by atoms with Crippen LogP contribution in [0.15, 0.2) is 60.0 Å². The molecule has 182 valence electrons. The lowest BCUT2D eigenvalue weighted by atomic mass is 10.1. The molecular weight excluding hydrogens is 462 g/mol. The molecule has 7 nitrogen and oxygen atoms in total. The summed E-state index contributed by atoms with van der Waals surface area (Å²) >= 11 is 1.59. The summed E-state index contributed by atoms with van der Waals surface area (Å²) in [6.07, 6.45) is 1.01. The first-order chi connectivity index (χ1) is 16.9. The third-order valence-electron chi connectivity index (χ3n) is 6.04. The minimum Gasteiger partial charge on any atom is -0.484 e. The van der Waals surface area contributed by atoms with Crippen molar-refractivity contribution in [1.82, 2.24) is 5.32 Å². The van der Waals surface area contributed by atoms with Gasteiger partial charge >= 0.3 is 0 Å². The molecule has 0 aliphatic carbocycles. The fourth-order valence-electron chi connectivity index (χ4n) is 4.11. The Morgan fingerprint density at radius 1 is 1.11 bits per heavy atom. The molecule has 3 amide bonds. The molecule has 0 radical (unpaired) electrons. The lowest BCUT2D eigenvalue weighted by molar-refractivity contribution is -0.126. The molecule has 0 unspecified atom stereocenters. The Morgan fingerprint density at radius 3 is 2.63 bits per heavy atom. The second kappa shape index (κ2) is 11.2. The lowest BCUT2D eigenvalue weighted by Crippen LogP contribution is -2.32. The quantitative estimate of drug-likeness (QED) is 0.467. The first kappa shape index (κ1) is 24.5. The summed E-state index contributed by atoms with van der Waals surface area (Å²) in [6, 6.07) is 16.9. The highest BCUT2D eigenvalue weighted by molar-refractivity contribution is 7.09. The maximum Gasteiger partial charge on any atom is 0.262 e. The number of ether oxygens (including phenoxy) is 1. The van der Waals surface area contributed by atoms with Gasteiger partial charge in [0.15, 0.2) is 6.61 Å². The van der Waals surface area contributed by atoms with Gasteiger partial charge in [0.1, 0.15) is 5.75 Å². The predicted octanol–water partition coefficient (Wildman–Crippen LogP) is 4.31. The van der Waals surface area contributed by atoms with Gasteiger partial charge in [-0.2, -0.15) is 0 Å². The molecule has 2 heterocycles. The lowest BCUT2D eigenvalue weighted by Gasteiger charge is -2.17. The Kier molecular flexibility index (Phi) is 7.82. The monoisotopic (exact) mass is 491 g/mol. The van der Waals surface area contributed by atoms with Crippen LogP contribution in [0.25, 0.3) is 0 Å². The van der Waals surface area contributed by atoms with E-state index in [0.717, 1.165) is 28.1 Å². The topological polar surface area (TPSA) is 87.7 Å². The molecule has 1 atom stereocenters. The van der Waals surface area contributed by atoms with Gasteiger partial charge in [0, 0.05) is 29.2 Å². The number of amides is 3. The minimum absolute atomic E-state index is 0.0840. The molecular formula is C27H29N3O4S. The molecule has 1 aromatic heterocycles. The van der Waals surface area contributed by atoms with E-state index in [1.54, 1.807) is 40.5 Å². The highest BCUT2D eigenvalue weighted by Crippen LogP contribution is 2.27. The van der Waals surface area contributed by atoms with E-state index in [4.69, 9.17) is 4.74 Å². The van der Waals surface area contributed by atoms with Crippen LogP contribution in [0.3, 0.4) is 0 Å². The fraction of sp³-hybridized carbons (Fsp3) is 0.296. The Balaban J connectivity index is 1.29. The first-order valence-corrected chi connectivity index (χ1v) is 12.5. The van der Waals surface area contributed by atoms with E-state index in [1.807, 2.05) is 49.6 Å². The zero-order valence-electron chi connectivity index (χ0n) is 19.9. The smallest absolute Gasteiger partial charge is 0.262 e. The Labute approximate surface area is 209 Å². The molecule has 0 saturated carbocycles. The van der Waals surface area contributed by atoms with E-state index in [0.29, 0.717) is 24.5 Å². The average Bonchev–Trinajstić information content (AvgIpc) is 3.52. The van der Waals surface area contributed by atoms with Crippen molar-refractivity contribution in [3.05, 3.63) is 76.0 Å². The number of hydrogen-bond acceptors (Lipinski definition) is 5. The SMILES string of the molecule is CCc1cccc(C)c1NC(=O)COc1ccc(N2C[C@@H](C(=O)NCc3cccs3)CC2=O)cc1. The molecule has 1 fully saturated rings. The number of nitrogens with one attached hydrogen (secondary N) is 2. The molecule has 3 aromatic rings. The number of hydrogen-bond donors (Lipinski definition) is 2. The van der Waals surface area contributed by atoms with Crippen molar-refractivity contribution in [1.29, 1.82) is 0 Å². The normalized spacial score (nSPS) is 15.2. The van der Waals surface area contributed by atoms with Crippen molar-refractivity contribution in [2.24, 2.45) is 5.92 Å². The van der Waals surface area contributed by atoms with E-state index >= 15 is 0 Å². The zero-order chi connectivity index (χ0) is 24.8. The summed E-state index contributed by atoms with van der Waals surface area (Å²) in [5.74, 6) is -0.276. The summed E-state index contributed by atoms with van der Waals surface area (Å²) in [5.41, 5.74) is 3.63. The van der Waals surface area contributed by atoms with Gasteiger partial charge < -0.3 is 20.3 Å². The molecule has 4 rings (SSSR count). The number of carbonyl (C=O) groups excluding carboxylic acids is 3. The van der Waals surface area contributed by atoms with E-state index in [9.17, 15) is 14.4 Å². The molecule has 2 aromatic carbocycles. The van der Waals surface area contributed by atoms with Crippen molar-refractivity contribution in [2.75, 3.05) is 23.4 Å². The van der Waals surface area contributed by atoms with Crippen LogP contribution in [0.4, 0.5) is 11.4 Å². The largest absolute Gasteiger partial charge is 0.484 e. The van der Waals surface area contributed by atoms with Crippen molar-refractivity contribution >= 4 is 40.4 Å². The van der Waals surface area contributed by atoms with Crippen LogP contribution >= 0.6 is 11.3 Å². The van der Waals surface area contributed by atoms with Gasteiger partial charge in [-0.15, -0.1) is 11.3 Å². The van der Waals surface area contributed by atoms with Crippen molar-refractivity contribution in [2.45, 2.75) is 33.2 Å². The van der Waals surface area contributed by atoms with Crippen LogP contribution in [0.5, 0.6) is 5.75 Å². The highest BCUT2D eigenvalue weighted by Gasteiger charge is 2.35. The van der Waals surface area contributed by atoms with Crippen molar-refractivity contribution in [3.8, 4) is 5.75 Å². The standard InChI is InChI=1S/C27H29N3O4S/c1-3-19-7-4-6-18(2)26(19)29-24(31)17-34-22-11-9-21(10-12-22)30-16-20(14-25(30)32)27(33)28-15-23-8-5-13-35-23/h4-13,20H,3,14-17H2,1-2H3,(H,28,33)(H,29,31)/t20-/m0/s1. The molecule has 1 aliphatic rings. The van der Waals surface area contributed by atoms with Gasteiger partial charge in [0.25, 0.3) is 5.91 Å². The number of carbonyl (C=O) groups is 3. The third kappa shape index (κ3) is 6.08. The third-order valence-corrected chi connectivity index (χ3v) is 6.91. The number of para-hydroxylation sites is 1. The van der Waals surface area contributed by atoms with Crippen molar-refractivity contribution < 1.29 is 19.1 Å². The zero-order valence-corrected chi connectivity index (χ0v) is 20.7. The Morgan fingerprint density at radius 2 is 1.91 bits per heavy atom. The summed E-state index contributed by atoms with van der Waals surface area (Å²) in [7, 11) is 0. The van der Waals surface area contributed by atoms with Gasteiger partial charge in [-0.25, -0.2) is 0 Å². The molecule has 1 aliphatic heterocycles. The van der Waals surface area contributed by atoms with Gasteiger partial charge in [0.05, 0.1) is 12.5 Å². The maximum absolute atomic E-state index is 12.5. The molecule has 0 bridgehead atoms. The van der Waals surface area contributed by atoms with E-state index in [1.165, 1.54) is 0 Å². The number of anilines is 2. The summed E-state index contributed by atoms with van der Waals surface area (Å²) < 4.78 is 5.65. The van der Waals surface area contributed by atoms with E-state index < -0.39 is 0 Å². The van der Waals surface area contributed by atoms with Crippen LogP contribution < -0.4 is 20.3 Å². The number of rotatable bonds is 9. The van der Waals surface area contributed by atoms with Gasteiger partial charge in [0.2, 0.25) is 11.8 Å². The first-order valence-electron chi connectivity index (χ1n) is 11.7. The Bertz CT molecular complexity index is 1190. The highest BCUT2D eigenvalue weighted by atomic mass is 32.1. The number of aryl methyl sites for hydroxylation is 2. The molecule has 8 heteroatoms. The van der Waals surface area contributed by atoms with Crippen LogP contribution in [0, 0.1) is 12.8 Å².